The third-order valence-corrected chi connectivity index (χ3v) is 3.36. The van der Waals surface area contributed by atoms with Crippen LogP contribution in [0.4, 0.5) is 11.7 Å². The van der Waals surface area contributed by atoms with Gasteiger partial charge in [-0.05, 0) is 40.5 Å². The van der Waals surface area contributed by atoms with Gasteiger partial charge in [0.15, 0.2) is 0 Å². The van der Waals surface area contributed by atoms with Crippen LogP contribution in [-0.2, 0) is 5.88 Å². The van der Waals surface area contributed by atoms with Crippen LogP contribution < -0.4 is 5.32 Å². The van der Waals surface area contributed by atoms with Gasteiger partial charge in [-0.15, -0.1) is 16.7 Å². The Kier molecular flexibility index (Phi) is 3.91. The maximum Gasteiger partial charge on any atom is 0.320 e. The second kappa shape index (κ2) is 5.25. The van der Waals surface area contributed by atoms with Crippen molar-refractivity contribution in [3.05, 3.63) is 33.1 Å². The van der Waals surface area contributed by atoms with Gasteiger partial charge in [0, 0.05) is 9.50 Å². The number of nitrogens with one attached hydrogen (secondary N) is 1. The summed E-state index contributed by atoms with van der Waals surface area (Å²) in [5.41, 5.74) is 1.74. The molecule has 0 saturated heterocycles. The average Bonchev–Trinajstić information content (AvgIpc) is 2.73. The molecule has 7 heteroatoms. The summed E-state index contributed by atoms with van der Waals surface area (Å²) in [6, 6.07) is 3.97. The Balaban J connectivity index is 2.26. The van der Waals surface area contributed by atoms with E-state index in [1.54, 1.807) is 6.07 Å². The Hall–Kier alpha value is -0.780. The van der Waals surface area contributed by atoms with Gasteiger partial charge >= 0.3 is 6.01 Å². The van der Waals surface area contributed by atoms with Crippen molar-refractivity contribution >= 4 is 50.8 Å². The molecule has 1 aromatic heterocycles. The summed E-state index contributed by atoms with van der Waals surface area (Å²) in [6.45, 7) is 1.93. The van der Waals surface area contributed by atoms with Crippen molar-refractivity contribution in [2.75, 3.05) is 5.32 Å². The Bertz CT molecular complexity index is 544. The normalized spacial score (nSPS) is 10.6. The van der Waals surface area contributed by atoms with Crippen LogP contribution in [0.2, 0.25) is 5.02 Å². The molecule has 0 bridgehead atoms. The van der Waals surface area contributed by atoms with Crippen molar-refractivity contribution in [3.63, 3.8) is 0 Å². The van der Waals surface area contributed by atoms with E-state index in [1.807, 2.05) is 13.0 Å². The maximum absolute atomic E-state index is 6.04. The van der Waals surface area contributed by atoms with Crippen LogP contribution >= 0.6 is 39.1 Å². The average molecular weight is 337 g/mol. The van der Waals surface area contributed by atoms with E-state index >= 15 is 0 Å². The number of halogens is 3. The number of hydrogen-bond acceptors (Lipinski definition) is 4. The van der Waals surface area contributed by atoms with Crippen molar-refractivity contribution in [1.29, 1.82) is 0 Å². The summed E-state index contributed by atoms with van der Waals surface area (Å²) in [6.07, 6.45) is 0. The Labute approximate surface area is 116 Å². The highest BCUT2D eigenvalue weighted by Gasteiger charge is 2.09. The molecule has 17 heavy (non-hydrogen) atoms. The first kappa shape index (κ1) is 12.7. The van der Waals surface area contributed by atoms with Crippen LogP contribution in [0.5, 0.6) is 0 Å². The second-order valence-electron chi connectivity index (χ2n) is 3.34. The van der Waals surface area contributed by atoms with E-state index in [-0.39, 0.29) is 11.9 Å². The molecule has 0 fully saturated rings. The molecule has 1 heterocycles. The largest absolute Gasteiger partial charge is 0.407 e. The second-order valence-corrected chi connectivity index (χ2v) is 4.87. The van der Waals surface area contributed by atoms with Gasteiger partial charge in [0.2, 0.25) is 5.89 Å². The molecule has 0 radical (unpaired) electrons. The fraction of sp³-hybridized carbons (Fsp3) is 0.200. The third-order valence-electron chi connectivity index (χ3n) is 2.07. The SMILES string of the molecule is Cc1cc(Br)c(Nc2nnc(CCl)o2)cc1Cl. The van der Waals surface area contributed by atoms with Crippen molar-refractivity contribution in [1.82, 2.24) is 10.2 Å². The number of anilines is 2. The minimum absolute atomic E-state index is 0.185. The molecule has 0 aliphatic heterocycles. The summed E-state index contributed by atoms with van der Waals surface area (Å²) in [5.74, 6) is 0.549. The smallest absolute Gasteiger partial charge is 0.320 e. The Morgan fingerprint density at radius 2 is 2.18 bits per heavy atom. The van der Waals surface area contributed by atoms with E-state index in [0.717, 1.165) is 15.7 Å². The van der Waals surface area contributed by atoms with E-state index in [0.29, 0.717) is 10.9 Å². The quantitative estimate of drug-likeness (QED) is 0.850. The van der Waals surface area contributed by atoms with E-state index in [9.17, 15) is 0 Å². The molecule has 90 valence electrons. The van der Waals surface area contributed by atoms with E-state index in [2.05, 4.69) is 31.4 Å². The van der Waals surface area contributed by atoms with Crippen molar-refractivity contribution in [3.8, 4) is 0 Å². The predicted octanol–water partition coefficient (Wildman–Crippen LogP) is 4.28. The van der Waals surface area contributed by atoms with Crippen molar-refractivity contribution < 1.29 is 4.42 Å². The zero-order valence-corrected chi connectivity index (χ0v) is 11.9. The lowest BCUT2D eigenvalue weighted by atomic mass is 10.2. The lowest BCUT2D eigenvalue weighted by Crippen LogP contribution is -1.92. The van der Waals surface area contributed by atoms with Crippen molar-refractivity contribution in [2.24, 2.45) is 0 Å². The zero-order chi connectivity index (χ0) is 12.4. The fourth-order valence-electron chi connectivity index (χ4n) is 1.22. The number of alkyl halides is 1. The van der Waals surface area contributed by atoms with Crippen LogP contribution in [0.25, 0.3) is 0 Å². The summed E-state index contributed by atoms with van der Waals surface area (Å²) < 4.78 is 6.10. The molecule has 1 N–H and O–H groups in total. The number of aryl methyl sites for hydroxylation is 1. The van der Waals surface area contributed by atoms with Gasteiger partial charge in [-0.3, -0.25) is 0 Å². The molecular weight excluding hydrogens is 329 g/mol. The number of aromatic nitrogens is 2. The predicted molar refractivity (Wildman–Crippen MR) is 71.0 cm³/mol. The lowest BCUT2D eigenvalue weighted by molar-refractivity contribution is 0.530. The number of benzene rings is 1. The lowest BCUT2D eigenvalue weighted by Gasteiger charge is -2.06. The monoisotopic (exact) mass is 335 g/mol. The summed E-state index contributed by atoms with van der Waals surface area (Å²) in [4.78, 5) is 0. The van der Waals surface area contributed by atoms with Gasteiger partial charge in [-0.2, -0.15) is 0 Å². The minimum Gasteiger partial charge on any atom is -0.407 e. The van der Waals surface area contributed by atoms with Gasteiger partial charge < -0.3 is 9.73 Å². The maximum atomic E-state index is 6.04. The molecule has 1 aromatic carbocycles. The molecule has 2 aromatic rings. The first-order valence-corrected chi connectivity index (χ1v) is 6.41. The third kappa shape index (κ3) is 2.91. The molecule has 0 saturated carbocycles. The molecule has 2 rings (SSSR count). The number of rotatable bonds is 3. The molecule has 0 spiro atoms. The summed E-state index contributed by atoms with van der Waals surface area (Å²) in [7, 11) is 0. The number of hydrogen-bond donors (Lipinski definition) is 1. The van der Waals surface area contributed by atoms with Crippen molar-refractivity contribution in [2.45, 2.75) is 12.8 Å². The van der Waals surface area contributed by atoms with Crippen LogP contribution in [0, 0.1) is 6.92 Å². The topological polar surface area (TPSA) is 51.0 Å². The molecule has 0 unspecified atom stereocenters. The first-order valence-electron chi connectivity index (χ1n) is 4.71. The Morgan fingerprint density at radius 1 is 1.41 bits per heavy atom. The molecule has 0 aliphatic carbocycles. The van der Waals surface area contributed by atoms with Gasteiger partial charge in [-0.1, -0.05) is 16.7 Å². The van der Waals surface area contributed by atoms with E-state index in [1.165, 1.54) is 0 Å². The molecule has 4 nitrogen and oxygen atoms in total. The molecule has 0 atom stereocenters. The van der Waals surface area contributed by atoms with Crippen LogP contribution in [0.3, 0.4) is 0 Å². The molecule has 0 amide bonds. The van der Waals surface area contributed by atoms with Crippen LogP contribution in [0.15, 0.2) is 21.0 Å². The molecular formula is C10H8BrCl2N3O. The van der Waals surface area contributed by atoms with Gasteiger partial charge in [0.05, 0.1) is 5.69 Å². The highest BCUT2D eigenvalue weighted by Crippen LogP contribution is 2.31. The summed E-state index contributed by atoms with van der Waals surface area (Å²) in [5, 5.41) is 11.2. The highest BCUT2D eigenvalue weighted by atomic mass is 79.9. The fourth-order valence-corrected chi connectivity index (χ4v) is 2.04. The van der Waals surface area contributed by atoms with Gasteiger partial charge in [0.25, 0.3) is 0 Å². The highest BCUT2D eigenvalue weighted by molar-refractivity contribution is 9.10. The van der Waals surface area contributed by atoms with Gasteiger partial charge in [-0.25, -0.2) is 0 Å². The van der Waals surface area contributed by atoms with E-state index < -0.39 is 0 Å². The standard InChI is InChI=1S/C10H8BrCl2N3O/c1-5-2-6(11)8(3-7(5)13)14-10-16-15-9(4-12)17-10/h2-3H,4H2,1H3,(H,14,16). The zero-order valence-electron chi connectivity index (χ0n) is 8.80. The van der Waals surface area contributed by atoms with Gasteiger partial charge in [0.1, 0.15) is 5.88 Å². The first-order chi connectivity index (χ1) is 8.10. The van der Waals surface area contributed by atoms with Crippen LogP contribution in [-0.4, -0.2) is 10.2 Å². The van der Waals surface area contributed by atoms with E-state index in [4.69, 9.17) is 27.6 Å². The molecule has 0 aliphatic rings. The van der Waals surface area contributed by atoms with Crippen LogP contribution in [0.1, 0.15) is 11.5 Å². The number of nitrogens with zero attached hydrogens (tertiary/aromatic N) is 2. The minimum atomic E-state index is 0.185. The summed E-state index contributed by atoms with van der Waals surface area (Å²) >= 11 is 15.0. The Morgan fingerprint density at radius 3 is 2.82 bits per heavy atom.